The van der Waals surface area contributed by atoms with Crippen LogP contribution in [-0.2, 0) is 13.1 Å². The molecule has 1 aliphatic rings. The zero-order valence-electron chi connectivity index (χ0n) is 16.0. The van der Waals surface area contributed by atoms with E-state index in [1.54, 1.807) is 0 Å². The van der Waals surface area contributed by atoms with Crippen LogP contribution in [0.3, 0.4) is 0 Å². The lowest BCUT2D eigenvalue weighted by Gasteiger charge is -2.39. The summed E-state index contributed by atoms with van der Waals surface area (Å²) in [6.07, 6.45) is 7.29. The van der Waals surface area contributed by atoms with Crippen molar-refractivity contribution >= 4 is 0 Å². The van der Waals surface area contributed by atoms with Gasteiger partial charge in [0, 0.05) is 11.1 Å². The molecule has 0 bridgehead atoms. The third kappa shape index (κ3) is 5.96. The quantitative estimate of drug-likeness (QED) is 0.535. The molecule has 0 atom stereocenters. The first-order valence-electron chi connectivity index (χ1n) is 9.39. The van der Waals surface area contributed by atoms with E-state index >= 15 is 0 Å². The van der Waals surface area contributed by atoms with Crippen molar-refractivity contribution in [1.29, 1.82) is 0 Å². The van der Waals surface area contributed by atoms with E-state index in [-0.39, 0.29) is 17.0 Å². The largest absolute Gasteiger partial charge is 1.00 e. The minimum Gasteiger partial charge on any atom is -1.00 e. The highest BCUT2D eigenvalue weighted by Gasteiger charge is 2.28. The lowest BCUT2D eigenvalue weighted by atomic mass is 10.1. The smallest absolute Gasteiger partial charge is 0.105 e. The van der Waals surface area contributed by atoms with Crippen LogP contribution >= 0.6 is 0 Å². The van der Waals surface area contributed by atoms with Crippen LogP contribution in [0.5, 0.6) is 0 Å². The monoisotopic (exact) mass is 411 g/mol. The molecule has 2 aromatic carbocycles. The first-order chi connectivity index (χ1) is 12.2. The van der Waals surface area contributed by atoms with Crippen molar-refractivity contribution in [3.8, 4) is 0 Å². The molecule has 0 aliphatic carbocycles. The van der Waals surface area contributed by atoms with Gasteiger partial charge in [0.25, 0.3) is 0 Å². The summed E-state index contributed by atoms with van der Waals surface area (Å²) in [5.74, 6) is 0. The second kappa shape index (κ2) is 9.89. The van der Waals surface area contributed by atoms with Gasteiger partial charge < -0.3 is 21.5 Å². The van der Waals surface area contributed by atoms with Crippen LogP contribution in [-0.4, -0.2) is 17.6 Å². The highest BCUT2D eigenvalue weighted by atomic mass is 79.9. The normalized spacial score (nSPS) is 21.0. The molecule has 1 heterocycles. The van der Waals surface area contributed by atoms with Crippen LogP contribution in [0, 0.1) is 0 Å². The van der Waals surface area contributed by atoms with Crippen molar-refractivity contribution in [2.45, 2.75) is 39.8 Å². The molecule has 1 aliphatic heterocycles. The predicted octanol–water partition coefficient (Wildman–Crippen LogP) is 2.89. The molecule has 2 aromatic rings. The van der Waals surface area contributed by atoms with E-state index in [0.29, 0.717) is 0 Å². The highest BCUT2D eigenvalue weighted by Crippen LogP contribution is 2.25. The van der Waals surface area contributed by atoms with Gasteiger partial charge in [0.2, 0.25) is 0 Å². The summed E-state index contributed by atoms with van der Waals surface area (Å²) >= 11 is 0. The Labute approximate surface area is 169 Å². The standard InChI is InChI=1S/C24H30N.BrH/c1-21-10-9-11-22(2)18-25(17-16-21,19-23-12-5-3-6-13-23)20-24-14-7-4-8-15-24;/h3-8,11-16H,9-10,17-20H2,1-2H3;1H/q+1;/p-1/b21-16-,22-11+;. The number of quaternary nitrogens is 1. The third-order valence-corrected chi connectivity index (χ3v) is 5.16. The van der Waals surface area contributed by atoms with E-state index in [4.69, 9.17) is 0 Å². The second-order valence-electron chi connectivity index (χ2n) is 7.61. The molecule has 0 amide bonds. The van der Waals surface area contributed by atoms with E-state index in [1.807, 2.05) is 0 Å². The summed E-state index contributed by atoms with van der Waals surface area (Å²) in [7, 11) is 0. The van der Waals surface area contributed by atoms with Crippen LogP contribution < -0.4 is 17.0 Å². The second-order valence-corrected chi connectivity index (χ2v) is 7.61. The van der Waals surface area contributed by atoms with Crippen molar-refractivity contribution in [3.05, 3.63) is 95.1 Å². The van der Waals surface area contributed by atoms with Gasteiger partial charge in [-0.25, -0.2) is 0 Å². The van der Waals surface area contributed by atoms with Crippen LogP contribution in [0.4, 0.5) is 0 Å². The van der Waals surface area contributed by atoms with Gasteiger partial charge in [0.15, 0.2) is 0 Å². The third-order valence-electron chi connectivity index (χ3n) is 5.16. The van der Waals surface area contributed by atoms with Crippen LogP contribution in [0.15, 0.2) is 84.0 Å². The van der Waals surface area contributed by atoms with Crippen molar-refractivity contribution in [2.24, 2.45) is 0 Å². The fourth-order valence-corrected chi connectivity index (χ4v) is 3.89. The maximum absolute atomic E-state index is 2.48. The molecule has 0 fully saturated rings. The Morgan fingerprint density at radius 1 is 0.731 bits per heavy atom. The zero-order chi connectivity index (χ0) is 17.5. The maximum Gasteiger partial charge on any atom is 0.105 e. The Bertz CT molecular complexity index is 690. The first kappa shape index (κ1) is 20.7. The molecule has 0 spiro atoms. The minimum absolute atomic E-state index is 0. The van der Waals surface area contributed by atoms with Gasteiger partial charge in [0.1, 0.15) is 19.6 Å². The molecule has 2 heteroatoms. The van der Waals surface area contributed by atoms with E-state index in [2.05, 4.69) is 86.7 Å². The number of benzene rings is 2. The van der Waals surface area contributed by atoms with E-state index < -0.39 is 0 Å². The molecule has 0 radical (unpaired) electrons. The molecule has 3 rings (SSSR count). The maximum atomic E-state index is 2.48. The average molecular weight is 412 g/mol. The molecule has 26 heavy (non-hydrogen) atoms. The number of rotatable bonds is 4. The van der Waals surface area contributed by atoms with Gasteiger partial charge in [-0.15, -0.1) is 0 Å². The van der Waals surface area contributed by atoms with Crippen molar-refractivity contribution in [2.75, 3.05) is 13.1 Å². The average Bonchev–Trinajstić information content (AvgIpc) is 2.67. The Morgan fingerprint density at radius 2 is 1.27 bits per heavy atom. The van der Waals surface area contributed by atoms with E-state index in [9.17, 15) is 0 Å². The lowest BCUT2D eigenvalue weighted by molar-refractivity contribution is -0.944. The molecule has 1 nitrogen and oxygen atoms in total. The van der Waals surface area contributed by atoms with Crippen molar-refractivity contribution < 1.29 is 21.5 Å². The Hall–Kier alpha value is -1.64. The van der Waals surface area contributed by atoms with Crippen molar-refractivity contribution in [3.63, 3.8) is 0 Å². The van der Waals surface area contributed by atoms with E-state index in [1.165, 1.54) is 35.1 Å². The molecular weight excluding hydrogens is 382 g/mol. The Morgan fingerprint density at radius 3 is 1.81 bits per heavy atom. The van der Waals surface area contributed by atoms with E-state index in [0.717, 1.165) is 30.7 Å². The summed E-state index contributed by atoms with van der Waals surface area (Å²) in [6, 6.07) is 21.9. The molecule has 138 valence electrons. The van der Waals surface area contributed by atoms with Gasteiger partial charge in [0.05, 0.1) is 6.54 Å². The fourth-order valence-electron chi connectivity index (χ4n) is 3.89. The first-order valence-corrected chi connectivity index (χ1v) is 9.39. The number of allylic oxidation sites excluding steroid dienone is 2. The number of hydrogen-bond acceptors (Lipinski definition) is 0. The fraction of sp³-hybridized carbons (Fsp3) is 0.333. The van der Waals surface area contributed by atoms with Crippen LogP contribution in [0.1, 0.15) is 37.8 Å². The summed E-state index contributed by atoms with van der Waals surface area (Å²) in [6.45, 7) is 8.96. The van der Waals surface area contributed by atoms with Gasteiger partial charge in [-0.1, -0.05) is 72.3 Å². The van der Waals surface area contributed by atoms with Gasteiger partial charge in [-0.2, -0.15) is 0 Å². The minimum atomic E-state index is 0. The molecule has 0 saturated carbocycles. The predicted molar refractivity (Wildman–Crippen MR) is 107 cm³/mol. The topological polar surface area (TPSA) is 0 Å². The molecule has 0 aromatic heterocycles. The Balaban J connectivity index is 0.00000243. The molecular formula is C24H30BrN. The van der Waals surface area contributed by atoms with Gasteiger partial charge in [-0.05, 0) is 38.3 Å². The molecule has 0 saturated heterocycles. The summed E-state index contributed by atoms with van der Waals surface area (Å²) in [4.78, 5) is 0. The number of nitrogens with zero attached hydrogens (tertiary/aromatic N) is 1. The highest BCUT2D eigenvalue weighted by molar-refractivity contribution is 5.16. The Kier molecular flexibility index (Phi) is 7.86. The van der Waals surface area contributed by atoms with Gasteiger partial charge >= 0.3 is 0 Å². The zero-order valence-corrected chi connectivity index (χ0v) is 17.6. The van der Waals surface area contributed by atoms with Gasteiger partial charge in [-0.3, -0.25) is 0 Å². The summed E-state index contributed by atoms with van der Waals surface area (Å²) in [5.41, 5.74) is 5.90. The lowest BCUT2D eigenvalue weighted by Crippen LogP contribution is -3.00. The van der Waals surface area contributed by atoms with Crippen LogP contribution in [0.25, 0.3) is 0 Å². The van der Waals surface area contributed by atoms with Crippen LogP contribution in [0.2, 0.25) is 0 Å². The number of halogens is 1. The number of hydrogen-bond donors (Lipinski definition) is 0. The summed E-state index contributed by atoms with van der Waals surface area (Å²) in [5, 5.41) is 0. The molecule has 0 N–H and O–H groups in total. The van der Waals surface area contributed by atoms with Crippen molar-refractivity contribution in [1.82, 2.24) is 0 Å². The molecule has 0 unspecified atom stereocenters. The SMILES string of the molecule is C/C1=C/C[N+](Cc2ccccc2)(Cc2ccccc2)C/C(C)=C/CC1.[Br-]. The summed E-state index contributed by atoms with van der Waals surface area (Å²) < 4.78 is 1.06.